The Bertz CT molecular complexity index is 215. The molecule has 0 radical (unpaired) electrons. The second-order valence-corrected chi connectivity index (χ2v) is 4.72. The van der Waals surface area contributed by atoms with Crippen molar-refractivity contribution in [3.05, 3.63) is 35.9 Å². The maximum atomic E-state index is 5.96. The zero-order chi connectivity index (χ0) is 8.81. The quantitative estimate of drug-likeness (QED) is 0.676. The van der Waals surface area contributed by atoms with Crippen LogP contribution in [0, 0.1) is 0 Å². The highest BCUT2D eigenvalue weighted by molar-refractivity contribution is 7.79. The molecular weight excluding hydrogens is 191 g/mol. The molecule has 0 saturated heterocycles. The van der Waals surface area contributed by atoms with Crippen LogP contribution in [-0.2, 0) is 10.7 Å². The van der Waals surface area contributed by atoms with Crippen LogP contribution in [-0.4, -0.2) is 6.61 Å². The van der Waals surface area contributed by atoms with Crippen LogP contribution in [0.2, 0.25) is 0 Å². The standard InChI is InChI=1S/C9H12ClOP/c1-2-11-12(10)8-9-6-4-3-5-7-9/h3-7H,2,8H2,1H3. The number of hydrogen-bond donors (Lipinski definition) is 0. The lowest BCUT2D eigenvalue weighted by Crippen LogP contribution is -1.84. The molecular formula is C9H12ClOP. The molecule has 0 aromatic heterocycles. The van der Waals surface area contributed by atoms with Crippen molar-refractivity contribution in [2.45, 2.75) is 13.1 Å². The van der Waals surface area contributed by atoms with Gasteiger partial charge in [-0.25, -0.2) is 0 Å². The first-order valence-corrected chi connectivity index (χ1v) is 6.28. The molecule has 0 N–H and O–H groups in total. The van der Waals surface area contributed by atoms with Gasteiger partial charge in [0.25, 0.3) is 0 Å². The van der Waals surface area contributed by atoms with Crippen molar-refractivity contribution in [1.29, 1.82) is 0 Å². The molecule has 0 aliphatic heterocycles. The van der Waals surface area contributed by atoms with Gasteiger partial charge in [0.2, 0.25) is 0 Å². The molecule has 12 heavy (non-hydrogen) atoms. The Morgan fingerprint density at radius 2 is 2.00 bits per heavy atom. The average molecular weight is 203 g/mol. The van der Waals surface area contributed by atoms with Gasteiger partial charge in [0.05, 0.1) is 0 Å². The summed E-state index contributed by atoms with van der Waals surface area (Å²) < 4.78 is 5.28. The Hall–Kier alpha value is -0.100. The number of halogens is 1. The van der Waals surface area contributed by atoms with Crippen molar-refractivity contribution in [2.75, 3.05) is 6.61 Å². The molecule has 1 aromatic rings. The number of rotatable bonds is 4. The van der Waals surface area contributed by atoms with Gasteiger partial charge in [-0.15, -0.1) is 0 Å². The van der Waals surface area contributed by atoms with Crippen molar-refractivity contribution < 1.29 is 4.52 Å². The van der Waals surface area contributed by atoms with Crippen LogP contribution >= 0.6 is 18.7 Å². The van der Waals surface area contributed by atoms with E-state index < -0.39 is 7.50 Å². The average Bonchev–Trinajstić information content (AvgIpc) is 2.06. The van der Waals surface area contributed by atoms with E-state index >= 15 is 0 Å². The molecule has 0 bridgehead atoms. The molecule has 0 spiro atoms. The Kier molecular flexibility index (Phi) is 4.60. The minimum absolute atomic E-state index is 0.696. The third kappa shape index (κ3) is 3.53. The molecule has 1 atom stereocenters. The molecule has 0 saturated carbocycles. The third-order valence-corrected chi connectivity index (χ3v) is 3.22. The fourth-order valence-electron chi connectivity index (χ4n) is 0.913. The van der Waals surface area contributed by atoms with Gasteiger partial charge in [0.1, 0.15) is 7.50 Å². The number of benzene rings is 1. The normalized spacial score (nSPS) is 12.8. The lowest BCUT2D eigenvalue weighted by atomic mass is 10.2. The van der Waals surface area contributed by atoms with E-state index in [1.807, 2.05) is 25.1 Å². The summed E-state index contributed by atoms with van der Waals surface area (Å²) in [6.07, 6.45) is 0.839. The zero-order valence-electron chi connectivity index (χ0n) is 7.03. The van der Waals surface area contributed by atoms with Gasteiger partial charge in [-0.3, -0.25) is 0 Å². The SMILES string of the molecule is CCOP(Cl)Cc1ccccc1. The zero-order valence-corrected chi connectivity index (χ0v) is 8.68. The van der Waals surface area contributed by atoms with Crippen LogP contribution in [0.3, 0.4) is 0 Å². The molecule has 66 valence electrons. The first kappa shape index (κ1) is 9.98. The molecule has 1 unspecified atom stereocenters. The van der Waals surface area contributed by atoms with Crippen molar-refractivity contribution in [3.63, 3.8) is 0 Å². The molecule has 1 nitrogen and oxygen atoms in total. The van der Waals surface area contributed by atoms with Crippen molar-refractivity contribution in [2.24, 2.45) is 0 Å². The van der Waals surface area contributed by atoms with Crippen molar-refractivity contribution in [3.8, 4) is 0 Å². The smallest absolute Gasteiger partial charge is 0.128 e. The largest absolute Gasteiger partial charge is 0.343 e. The molecule has 0 heterocycles. The van der Waals surface area contributed by atoms with E-state index in [0.29, 0.717) is 6.61 Å². The summed E-state index contributed by atoms with van der Waals surface area (Å²) in [5.41, 5.74) is 1.24. The van der Waals surface area contributed by atoms with Crippen LogP contribution < -0.4 is 0 Å². The van der Waals surface area contributed by atoms with Gasteiger partial charge in [-0.2, -0.15) is 0 Å². The van der Waals surface area contributed by atoms with E-state index in [0.717, 1.165) is 6.16 Å². The maximum Gasteiger partial charge on any atom is 0.128 e. The summed E-state index contributed by atoms with van der Waals surface area (Å²) in [5.74, 6) is 0. The highest BCUT2D eigenvalue weighted by Gasteiger charge is 2.03. The Labute approximate surface area is 79.3 Å². The van der Waals surface area contributed by atoms with E-state index in [2.05, 4.69) is 12.1 Å². The van der Waals surface area contributed by atoms with E-state index in [1.165, 1.54) is 5.56 Å². The maximum absolute atomic E-state index is 5.96. The lowest BCUT2D eigenvalue weighted by Gasteiger charge is -2.07. The van der Waals surface area contributed by atoms with Gasteiger partial charge in [0.15, 0.2) is 0 Å². The summed E-state index contributed by atoms with van der Waals surface area (Å²) in [6.45, 7) is 2.66. The number of hydrogen-bond acceptors (Lipinski definition) is 1. The van der Waals surface area contributed by atoms with Crippen LogP contribution in [0.15, 0.2) is 30.3 Å². The van der Waals surface area contributed by atoms with Crippen molar-refractivity contribution in [1.82, 2.24) is 0 Å². The van der Waals surface area contributed by atoms with E-state index in [1.54, 1.807) is 0 Å². The van der Waals surface area contributed by atoms with Gasteiger partial charge < -0.3 is 4.52 Å². The Morgan fingerprint density at radius 1 is 1.33 bits per heavy atom. The molecule has 0 aliphatic carbocycles. The summed E-state index contributed by atoms with van der Waals surface area (Å²) in [4.78, 5) is 0. The van der Waals surface area contributed by atoms with Crippen molar-refractivity contribution >= 4 is 18.7 Å². The van der Waals surface area contributed by atoms with Gasteiger partial charge in [0, 0.05) is 12.8 Å². The Morgan fingerprint density at radius 3 is 2.58 bits per heavy atom. The predicted octanol–water partition coefficient (Wildman–Crippen LogP) is 3.77. The lowest BCUT2D eigenvalue weighted by molar-refractivity contribution is 0.385. The second kappa shape index (κ2) is 5.53. The topological polar surface area (TPSA) is 9.23 Å². The molecule has 0 fully saturated rings. The van der Waals surface area contributed by atoms with Crippen LogP contribution in [0.25, 0.3) is 0 Å². The van der Waals surface area contributed by atoms with Gasteiger partial charge >= 0.3 is 0 Å². The minimum Gasteiger partial charge on any atom is -0.343 e. The predicted molar refractivity (Wildman–Crippen MR) is 54.5 cm³/mol. The third-order valence-electron chi connectivity index (χ3n) is 1.42. The summed E-state index contributed by atoms with van der Waals surface area (Å²) in [7, 11) is -0.785. The summed E-state index contributed by atoms with van der Waals surface area (Å²) in [5, 5.41) is 0. The van der Waals surface area contributed by atoms with E-state index in [9.17, 15) is 0 Å². The van der Waals surface area contributed by atoms with Gasteiger partial charge in [-0.05, 0) is 12.5 Å². The van der Waals surface area contributed by atoms with Gasteiger partial charge in [-0.1, -0.05) is 41.6 Å². The first-order chi connectivity index (χ1) is 5.83. The monoisotopic (exact) mass is 202 g/mol. The Balaban J connectivity index is 2.41. The van der Waals surface area contributed by atoms with E-state index in [-0.39, 0.29) is 0 Å². The minimum atomic E-state index is -0.785. The fraction of sp³-hybridized carbons (Fsp3) is 0.333. The van der Waals surface area contributed by atoms with Crippen LogP contribution in [0.1, 0.15) is 12.5 Å². The second-order valence-electron chi connectivity index (χ2n) is 2.38. The van der Waals surface area contributed by atoms with E-state index in [4.69, 9.17) is 15.8 Å². The first-order valence-electron chi connectivity index (χ1n) is 3.93. The molecule has 0 amide bonds. The van der Waals surface area contributed by atoms with Crippen LogP contribution in [0.5, 0.6) is 0 Å². The highest BCUT2D eigenvalue weighted by atomic mass is 35.7. The molecule has 3 heteroatoms. The highest BCUT2D eigenvalue weighted by Crippen LogP contribution is 2.45. The molecule has 0 aliphatic rings. The molecule has 1 rings (SSSR count). The van der Waals surface area contributed by atoms with Crippen LogP contribution in [0.4, 0.5) is 0 Å². The fourth-order valence-corrected chi connectivity index (χ4v) is 2.49. The summed E-state index contributed by atoms with van der Waals surface area (Å²) in [6, 6.07) is 10.2. The summed E-state index contributed by atoms with van der Waals surface area (Å²) >= 11 is 5.96. The molecule has 1 aromatic carbocycles.